The highest BCUT2D eigenvalue weighted by molar-refractivity contribution is 4.91. The van der Waals surface area contributed by atoms with E-state index in [0.717, 1.165) is 0 Å². The van der Waals surface area contributed by atoms with Crippen molar-refractivity contribution in [2.45, 2.75) is 26.9 Å². The second-order valence-corrected chi connectivity index (χ2v) is 2.90. The zero-order valence-corrected chi connectivity index (χ0v) is 6.76. The van der Waals surface area contributed by atoms with Crippen molar-refractivity contribution >= 4 is 0 Å². The molecule has 0 saturated heterocycles. The third-order valence-electron chi connectivity index (χ3n) is 1.83. The normalized spacial score (nSPS) is 14.8. The Bertz CT molecular complexity index is 112. The highest BCUT2D eigenvalue weighted by Gasteiger charge is 2.23. The maximum absolute atomic E-state index is 9.92. The van der Waals surface area contributed by atoms with E-state index < -0.39 is 0 Å². The van der Waals surface area contributed by atoms with Gasteiger partial charge in [-0.15, -0.1) is 6.58 Å². The number of quaternary nitrogens is 1. The molecule has 0 spiro atoms. The Kier molecular flexibility index (Phi) is 3.57. The maximum atomic E-state index is 9.92. The third kappa shape index (κ3) is 2.47. The summed E-state index contributed by atoms with van der Waals surface area (Å²) in [6.45, 7) is 9.42. The first-order chi connectivity index (χ1) is 4.54. The van der Waals surface area contributed by atoms with E-state index in [0.29, 0.717) is 5.64 Å². The van der Waals surface area contributed by atoms with Gasteiger partial charge in [-0.05, 0) is 6.92 Å². The fourth-order valence-corrected chi connectivity index (χ4v) is 0.425. The quantitative estimate of drug-likeness (QED) is 0.464. The van der Waals surface area contributed by atoms with Crippen molar-refractivity contribution in [1.29, 1.82) is 0 Å². The van der Waals surface area contributed by atoms with Gasteiger partial charge in [0.2, 0.25) is 0 Å². The molecule has 0 aliphatic carbocycles. The topological polar surface area (TPSA) is 48.9 Å². The van der Waals surface area contributed by atoms with Gasteiger partial charge < -0.3 is 5.21 Å². The fourth-order valence-electron chi connectivity index (χ4n) is 0.425. The molecule has 0 aromatic heterocycles. The highest BCUT2D eigenvalue weighted by Crippen LogP contribution is 2.22. The molecule has 1 atom stereocenters. The van der Waals surface area contributed by atoms with Crippen LogP contribution in [0.25, 0.3) is 0 Å². The van der Waals surface area contributed by atoms with E-state index in [1.165, 1.54) is 0 Å². The Morgan fingerprint density at radius 2 is 2.20 bits per heavy atom. The van der Waals surface area contributed by atoms with Gasteiger partial charge in [0, 0.05) is 5.41 Å². The molecule has 0 rings (SSSR count). The standard InChI is InChI=1S/C7H15NO2/c1-5-7(3,4)6(2)10-8-9/h5-6H,1,8H2,2-4H3. The van der Waals surface area contributed by atoms with Crippen LogP contribution in [0.3, 0.4) is 0 Å². The van der Waals surface area contributed by atoms with Crippen LogP contribution in [-0.4, -0.2) is 6.10 Å². The van der Waals surface area contributed by atoms with Gasteiger partial charge in [-0.1, -0.05) is 19.9 Å². The summed E-state index contributed by atoms with van der Waals surface area (Å²) in [5.41, 5.74) is 0.330. The van der Waals surface area contributed by atoms with Crippen molar-refractivity contribution in [3.63, 3.8) is 0 Å². The summed E-state index contributed by atoms with van der Waals surface area (Å²) in [5, 5.41) is 9.92. The Labute approximate surface area is 61.6 Å². The van der Waals surface area contributed by atoms with E-state index in [1.54, 1.807) is 6.08 Å². The highest BCUT2D eigenvalue weighted by atomic mass is 16.8. The van der Waals surface area contributed by atoms with E-state index in [9.17, 15) is 5.21 Å². The Balaban J connectivity index is 3.90. The van der Waals surface area contributed by atoms with Crippen LogP contribution in [0, 0.1) is 10.6 Å². The van der Waals surface area contributed by atoms with E-state index in [-0.39, 0.29) is 11.5 Å². The second kappa shape index (κ2) is 3.71. The van der Waals surface area contributed by atoms with Crippen LogP contribution in [0.15, 0.2) is 12.7 Å². The van der Waals surface area contributed by atoms with Gasteiger partial charge in [-0.3, -0.25) is 0 Å². The molecule has 0 radical (unpaired) electrons. The van der Waals surface area contributed by atoms with Crippen molar-refractivity contribution in [1.82, 2.24) is 0 Å². The van der Waals surface area contributed by atoms with Crippen LogP contribution >= 0.6 is 0 Å². The van der Waals surface area contributed by atoms with Crippen LogP contribution in [0.1, 0.15) is 20.8 Å². The lowest BCUT2D eigenvalue weighted by atomic mass is 9.88. The zero-order valence-electron chi connectivity index (χ0n) is 6.76. The SMILES string of the molecule is C=CC(C)(C)C(C)O[NH2+][O-]. The van der Waals surface area contributed by atoms with E-state index in [4.69, 9.17) is 4.84 Å². The first kappa shape index (κ1) is 9.62. The predicted molar refractivity (Wildman–Crippen MR) is 39.8 cm³/mol. The van der Waals surface area contributed by atoms with E-state index in [1.807, 2.05) is 20.8 Å². The third-order valence-corrected chi connectivity index (χ3v) is 1.83. The lowest BCUT2D eigenvalue weighted by Crippen LogP contribution is -2.78. The maximum Gasteiger partial charge on any atom is 0.123 e. The van der Waals surface area contributed by atoms with Crippen LogP contribution in [-0.2, 0) is 4.84 Å². The van der Waals surface area contributed by atoms with Gasteiger partial charge in [0.15, 0.2) is 0 Å². The van der Waals surface area contributed by atoms with E-state index >= 15 is 0 Å². The van der Waals surface area contributed by atoms with Gasteiger partial charge in [-0.2, -0.15) is 0 Å². The van der Waals surface area contributed by atoms with Crippen molar-refractivity contribution in [3.8, 4) is 0 Å². The van der Waals surface area contributed by atoms with Crippen molar-refractivity contribution in [2.75, 3.05) is 0 Å². The molecule has 0 fully saturated rings. The van der Waals surface area contributed by atoms with Crippen LogP contribution in [0.4, 0.5) is 0 Å². The molecule has 0 saturated carbocycles. The molecule has 0 aliphatic heterocycles. The molecule has 3 nitrogen and oxygen atoms in total. The molecule has 10 heavy (non-hydrogen) atoms. The van der Waals surface area contributed by atoms with Gasteiger partial charge in [-0.25, -0.2) is 10.5 Å². The molecule has 0 aliphatic rings. The van der Waals surface area contributed by atoms with Crippen molar-refractivity contribution < 1.29 is 10.5 Å². The number of nitrogens with two attached hydrogens (primary N) is 1. The summed E-state index contributed by atoms with van der Waals surface area (Å²) in [4.78, 5) is 4.75. The Morgan fingerprint density at radius 3 is 2.50 bits per heavy atom. The predicted octanol–water partition coefficient (Wildman–Crippen LogP) is 0.580. The Hall–Kier alpha value is -0.380. The average Bonchev–Trinajstić information content (AvgIpc) is 1.89. The number of rotatable bonds is 4. The van der Waals surface area contributed by atoms with Crippen LogP contribution in [0.2, 0.25) is 0 Å². The first-order valence-corrected chi connectivity index (χ1v) is 3.27. The monoisotopic (exact) mass is 145 g/mol. The molecule has 0 heterocycles. The van der Waals surface area contributed by atoms with Gasteiger partial charge >= 0.3 is 0 Å². The molecule has 2 N–H and O–H groups in total. The molecular formula is C7H15NO2. The van der Waals surface area contributed by atoms with Crippen LogP contribution < -0.4 is 5.64 Å². The fraction of sp³-hybridized carbons (Fsp3) is 0.714. The summed E-state index contributed by atoms with van der Waals surface area (Å²) >= 11 is 0. The number of hydrogen-bond acceptors (Lipinski definition) is 2. The summed E-state index contributed by atoms with van der Waals surface area (Å²) < 4.78 is 0. The summed E-state index contributed by atoms with van der Waals surface area (Å²) in [6, 6.07) is 0. The Morgan fingerprint density at radius 1 is 1.70 bits per heavy atom. The van der Waals surface area contributed by atoms with Crippen LogP contribution in [0.5, 0.6) is 0 Å². The molecule has 3 heteroatoms. The molecule has 0 aromatic carbocycles. The first-order valence-electron chi connectivity index (χ1n) is 3.27. The largest absolute Gasteiger partial charge is 0.601 e. The molecule has 0 amide bonds. The smallest absolute Gasteiger partial charge is 0.123 e. The summed E-state index contributed by atoms with van der Waals surface area (Å²) in [5.74, 6) is 0. The minimum Gasteiger partial charge on any atom is -0.601 e. The van der Waals surface area contributed by atoms with Gasteiger partial charge in [0.05, 0.1) is 0 Å². The average molecular weight is 145 g/mol. The number of hydrogen-bond donors (Lipinski definition) is 1. The van der Waals surface area contributed by atoms with Gasteiger partial charge in [0.25, 0.3) is 0 Å². The minimum atomic E-state index is -0.138. The summed E-state index contributed by atoms with van der Waals surface area (Å²) in [7, 11) is 0. The molecule has 60 valence electrons. The van der Waals surface area contributed by atoms with E-state index in [2.05, 4.69) is 6.58 Å². The molecule has 0 aromatic rings. The van der Waals surface area contributed by atoms with Crippen molar-refractivity contribution in [2.24, 2.45) is 5.41 Å². The molecular weight excluding hydrogens is 130 g/mol. The molecule has 1 unspecified atom stereocenters. The molecule has 0 bridgehead atoms. The van der Waals surface area contributed by atoms with Crippen molar-refractivity contribution in [3.05, 3.63) is 17.9 Å². The minimum absolute atomic E-state index is 0.109. The lowest BCUT2D eigenvalue weighted by Gasteiger charge is -2.25. The lowest BCUT2D eigenvalue weighted by molar-refractivity contribution is -0.861. The van der Waals surface area contributed by atoms with Gasteiger partial charge in [0.1, 0.15) is 6.10 Å². The second-order valence-electron chi connectivity index (χ2n) is 2.90. The summed E-state index contributed by atoms with van der Waals surface area (Å²) in [6.07, 6.45) is 1.67. The zero-order chi connectivity index (χ0) is 8.20.